The fraction of sp³-hybridized carbons (Fsp3) is 0.500. The van der Waals surface area contributed by atoms with Gasteiger partial charge < -0.3 is 9.47 Å². The van der Waals surface area contributed by atoms with Crippen molar-refractivity contribution in [3.05, 3.63) is 29.8 Å². The second kappa shape index (κ2) is 8.62. The molecule has 0 aliphatic heterocycles. The highest BCUT2D eigenvalue weighted by molar-refractivity contribution is 5.65. The van der Waals surface area contributed by atoms with Crippen molar-refractivity contribution in [3.63, 3.8) is 0 Å². The van der Waals surface area contributed by atoms with Gasteiger partial charge in [-0.2, -0.15) is 0 Å². The first-order valence-corrected chi connectivity index (χ1v) is 5.97. The molecular formula is C14H22O3. The van der Waals surface area contributed by atoms with Gasteiger partial charge in [0.25, 0.3) is 0 Å². The van der Waals surface area contributed by atoms with E-state index < -0.39 is 0 Å². The van der Waals surface area contributed by atoms with Gasteiger partial charge >= 0.3 is 5.97 Å². The summed E-state index contributed by atoms with van der Waals surface area (Å²) >= 11 is 0. The van der Waals surface area contributed by atoms with Gasteiger partial charge in [-0.3, -0.25) is 4.79 Å². The Morgan fingerprint density at radius 2 is 1.71 bits per heavy atom. The molecule has 0 spiro atoms. The molecule has 1 aromatic carbocycles. The van der Waals surface area contributed by atoms with Gasteiger partial charge in [0, 0.05) is 6.92 Å². The SMILES string of the molecule is CC.CC(=O)OCc1ccc(OC(C)C)cc1. The first-order chi connectivity index (χ1) is 8.08. The van der Waals surface area contributed by atoms with Crippen molar-refractivity contribution in [1.29, 1.82) is 0 Å². The number of ether oxygens (including phenoxy) is 2. The van der Waals surface area contributed by atoms with Crippen LogP contribution < -0.4 is 4.74 Å². The Hall–Kier alpha value is -1.51. The Labute approximate surface area is 104 Å². The van der Waals surface area contributed by atoms with Gasteiger partial charge in [0.2, 0.25) is 0 Å². The lowest BCUT2D eigenvalue weighted by molar-refractivity contribution is -0.142. The summed E-state index contributed by atoms with van der Waals surface area (Å²) in [6, 6.07) is 7.53. The standard InChI is InChI=1S/C12H16O3.C2H6/c1-9(2)15-12-6-4-11(5-7-12)8-14-10(3)13;1-2/h4-7,9H,8H2,1-3H3;1-2H3. The monoisotopic (exact) mass is 238 g/mol. The van der Waals surface area contributed by atoms with Crippen molar-refractivity contribution in [2.45, 2.75) is 47.3 Å². The van der Waals surface area contributed by atoms with E-state index >= 15 is 0 Å². The number of benzene rings is 1. The molecule has 0 bridgehead atoms. The fourth-order valence-electron chi connectivity index (χ4n) is 1.12. The van der Waals surface area contributed by atoms with E-state index in [4.69, 9.17) is 9.47 Å². The molecule has 3 heteroatoms. The quantitative estimate of drug-likeness (QED) is 0.752. The zero-order chi connectivity index (χ0) is 13.3. The minimum Gasteiger partial charge on any atom is -0.491 e. The highest BCUT2D eigenvalue weighted by Crippen LogP contribution is 2.14. The third kappa shape index (κ3) is 7.39. The summed E-state index contributed by atoms with van der Waals surface area (Å²) in [5, 5.41) is 0. The van der Waals surface area contributed by atoms with E-state index in [2.05, 4.69) is 0 Å². The van der Waals surface area contributed by atoms with Crippen molar-refractivity contribution < 1.29 is 14.3 Å². The molecule has 0 N–H and O–H groups in total. The average Bonchev–Trinajstić information content (AvgIpc) is 2.30. The molecule has 0 heterocycles. The Bertz CT molecular complexity index is 315. The highest BCUT2D eigenvalue weighted by Gasteiger charge is 1.99. The van der Waals surface area contributed by atoms with E-state index in [0.717, 1.165) is 11.3 Å². The summed E-state index contributed by atoms with van der Waals surface area (Å²) in [4.78, 5) is 10.6. The molecule has 3 nitrogen and oxygen atoms in total. The lowest BCUT2D eigenvalue weighted by atomic mass is 10.2. The van der Waals surface area contributed by atoms with Crippen LogP contribution in [0.4, 0.5) is 0 Å². The smallest absolute Gasteiger partial charge is 0.302 e. The molecule has 0 unspecified atom stereocenters. The van der Waals surface area contributed by atoms with E-state index in [-0.39, 0.29) is 12.1 Å². The highest BCUT2D eigenvalue weighted by atomic mass is 16.5. The Kier molecular flexibility index (Phi) is 7.85. The lowest BCUT2D eigenvalue weighted by Gasteiger charge is -2.09. The van der Waals surface area contributed by atoms with Crippen LogP contribution >= 0.6 is 0 Å². The third-order valence-corrected chi connectivity index (χ3v) is 1.74. The average molecular weight is 238 g/mol. The summed E-state index contributed by atoms with van der Waals surface area (Å²) in [7, 11) is 0. The summed E-state index contributed by atoms with van der Waals surface area (Å²) < 4.78 is 10.4. The fourth-order valence-corrected chi connectivity index (χ4v) is 1.12. The number of hydrogen-bond acceptors (Lipinski definition) is 3. The van der Waals surface area contributed by atoms with Gasteiger partial charge in [-0.15, -0.1) is 0 Å². The van der Waals surface area contributed by atoms with E-state index in [1.165, 1.54) is 6.92 Å². The van der Waals surface area contributed by atoms with Crippen LogP contribution in [0.15, 0.2) is 24.3 Å². The maximum Gasteiger partial charge on any atom is 0.302 e. The van der Waals surface area contributed by atoms with Crippen molar-refractivity contribution in [2.75, 3.05) is 0 Å². The zero-order valence-corrected chi connectivity index (χ0v) is 11.3. The van der Waals surface area contributed by atoms with Crippen LogP contribution in [0.5, 0.6) is 5.75 Å². The summed E-state index contributed by atoms with van der Waals surface area (Å²) in [5.41, 5.74) is 0.960. The first kappa shape index (κ1) is 15.5. The summed E-state index contributed by atoms with van der Waals surface area (Å²) in [5.74, 6) is 0.564. The van der Waals surface area contributed by atoms with Crippen LogP contribution in [0.3, 0.4) is 0 Å². The van der Waals surface area contributed by atoms with Crippen LogP contribution in [0.25, 0.3) is 0 Å². The lowest BCUT2D eigenvalue weighted by Crippen LogP contribution is -2.05. The maximum atomic E-state index is 10.6. The third-order valence-electron chi connectivity index (χ3n) is 1.74. The number of hydrogen-bond donors (Lipinski definition) is 0. The molecule has 96 valence electrons. The Balaban J connectivity index is 0.00000121. The molecule has 0 aliphatic rings. The number of esters is 1. The predicted molar refractivity (Wildman–Crippen MR) is 69.0 cm³/mol. The van der Waals surface area contributed by atoms with Crippen molar-refractivity contribution in [1.82, 2.24) is 0 Å². The second-order valence-corrected chi connectivity index (χ2v) is 3.59. The van der Waals surface area contributed by atoms with E-state index in [1.54, 1.807) is 0 Å². The molecule has 0 aliphatic carbocycles. The molecule has 0 saturated heterocycles. The largest absolute Gasteiger partial charge is 0.491 e. The van der Waals surface area contributed by atoms with Crippen LogP contribution in [-0.2, 0) is 16.1 Å². The maximum absolute atomic E-state index is 10.6. The van der Waals surface area contributed by atoms with Gasteiger partial charge in [0.05, 0.1) is 6.10 Å². The van der Waals surface area contributed by atoms with E-state index in [9.17, 15) is 4.79 Å². The minimum atomic E-state index is -0.266. The molecule has 0 saturated carbocycles. The zero-order valence-electron chi connectivity index (χ0n) is 11.3. The number of carbonyl (C=O) groups excluding carboxylic acids is 1. The van der Waals surface area contributed by atoms with Gasteiger partial charge in [0.15, 0.2) is 0 Å². The molecule has 0 fully saturated rings. The molecule has 0 radical (unpaired) electrons. The predicted octanol–water partition coefficient (Wildman–Crippen LogP) is 3.56. The molecule has 1 aromatic rings. The van der Waals surface area contributed by atoms with Crippen LogP contribution in [0.1, 0.15) is 40.2 Å². The van der Waals surface area contributed by atoms with Crippen LogP contribution in [-0.4, -0.2) is 12.1 Å². The first-order valence-electron chi connectivity index (χ1n) is 5.97. The normalized spacial score (nSPS) is 9.29. The van der Waals surface area contributed by atoms with Crippen molar-refractivity contribution >= 4 is 5.97 Å². The van der Waals surface area contributed by atoms with Crippen LogP contribution in [0.2, 0.25) is 0 Å². The summed E-state index contributed by atoms with van der Waals surface area (Å²) in [6.45, 7) is 9.67. The van der Waals surface area contributed by atoms with E-state index in [1.807, 2.05) is 52.0 Å². The molecule has 1 rings (SSSR count). The van der Waals surface area contributed by atoms with Crippen molar-refractivity contribution in [3.8, 4) is 5.75 Å². The molecule has 0 atom stereocenters. The summed E-state index contributed by atoms with van der Waals surface area (Å²) in [6.07, 6.45) is 0.171. The molecule has 0 amide bonds. The second-order valence-electron chi connectivity index (χ2n) is 3.59. The van der Waals surface area contributed by atoms with Gasteiger partial charge in [-0.05, 0) is 31.5 Å². The van der Waals surface area contributed by atoms with Crippen molar-refractivity contribution in [2.24, 2.45) is 0 Å². The van der Waals surface area contributed by atoms with Gasteiger partial charge in [0.1, 0.15) is 12.4 Å². The van der Waals surface area contributed by atoms with Gasteiger partial charge in [-0.1, -0.05) is 26.0 Å². The van der Waals surface area contributed by atoms with Crippen LogP contribution in [0, 0.1) is 0 Å². The van der Waals surface area contributed by atoms with Gasteiger partial charge in [-0.25, -0.2) is 0 Å². The van der Waals surface area contributed by atoms with E-state index in [0.29, 0.717) is 6.61 Å². The Morgan fingerprint density at radius 3 is 2.12 bits per heavy atom. The topological polar surface area (TPSA) is 35.5 Å². The number of carbonyl (C=O) groups is 1. The Morgan fingerprint density at radius 1 is 1.18 bits per heavy atom. The molecule has 0 aromatic heterocycles. The number of rotatable bonds is 4. The minimum absolute atomic E-state index is 0.171. The molecule has 17 heavy (non-hydrogen) atoms. The molecular weight excluding hydrogens is 216 g/mol.